The first kappa shape index (κ1) is 23.0. The molecule has 0 atom stereocenters. The van der Waals surface area contributed by atoms with E-state index >= 15 is 0 Å². The van der Waals surface area contributed by atoms with E-state index in [-0.39, 0.29) is 11.7 Å². The molecular formula is C21H15AsBr3FN4OS. The van der Waals surface area contributed by atoms with Crippen LogP contribution in [0.4, 0.5) is 15.9 Å². The van der Waals surface area contributed by atoms with Crippen LogP contribution in [0.2, 0.25) is 0 Å². The van der Waals surface area contributed by atoms with Crippen molar-refractivity contribution >= 4 is 97.7 Å². The SMILES string of the molecule is O=C1c2sc(-c3cnc(N4CCCC4)c(Br)c3)nc2CCN1c1c(Br)cc(F)c([As])c1Br. The molecule has 2 aliphatic rings. The Balaban J connectivity index is 1.47. The summed E-state index contributed by atoms with van der Waals surface area (Å²) in [5.41, 5.74) is 2.32. The van der Waals surface area contributed by atoms with Gasteiger partial charge in [-0.3, -0.25) is 0 Å². The first-order chi connectivity index (χ1) is 15.3. The van der Waals surface area contributed by atoms with Gasteiger partial charge in [-0.2, -0.15) is 0 Å². The minimum atomic E-state index is -0.354. The number of halogens is 4. The quantitative estimate of drug-likeness (QED) is 0.351. The first-order valence-electron chi connectivity index (χ1n) is 9.94. The van der Waals surface area contributed by atoms with E-state index in [1.165, 1.54) is 30.2 Å². The van der Waals surface area contributed by atoms with Gasteiger partial charge in [0.05, 0.1) is 0 Å². The van der Waals surface area contributed by atoms with Gasteiger partial charge in [0.15, 0.2) is 0 Å². The van der Waals surface area contributed by atoms with Crippen LogP contribution in [0.3, 0.4) is 0 Å². The molecule has 1 saturated heterocycles. The Bertz CT molecular complexity index is 1250. The van der Waals surface area contributed by atoms with E-state index < -0.39 is 0 Å². The van der Waals surface area contributed by atoms with Crippen LogP contribution in [0.25, 0.3) is 10.6 Å². The molecule has 3 aromatic rings. The normalized spacial score (nSPS) is 16.1. The van der Waals surface area contributed by atoms with Crippen LogP contribution in [0.1, 0.15) is 28.2 Å². The van der Waals surface area contributed by atoms with Gasteiger partial charge in [0, 0.05) is 13.1 Å². The molecule has 32 heavy (non-hydrogen) atoms. The molecule has 0 spiro atoms. The Morgan fingerprint density at radius 1 is 1.09 bits per heavy atom. The number of nitrogens with zero attached hydrogens (tertiary/aromatic N) is 4. The summed E-state index contributed by atoms with van der Waals surface area (Å²) in [5, 5.41) is 0.774. The van der Waals surface area contributed by atoms with Gasteiger partial charge in [-0.05, 0) is 12.8 Å². The maximum absolute atomic E-state index is 14.1. The molecule has 0 aliphatic carbocycles. The van der Waals surface area contributed by atoms with Gasteiger partial charge in [-0.1, -0.05) is 0 Å². The van der Waals surface area contributed by atoms with Crippen LogP contribution in [-0.4, -0.2) is 52.4 Å². The fourth-order valence-electron chi connectivity index (χ4n) is 3.99. The Morgan fingerprint density at radius 3 is 2.56 bits per heavy atom. The van der Waals surface area contributed by atoms with Gasteiger partial charge >= 0.3 is 193 Å². The molecule has 164 valence electrons. The van der Waals surface area contributed by atoms with Crippen molar-refractivity contribution in [2.24, 2.45) is 0 Å². The number of benzene rings is 1. The number of hydrogen-bond donors (Lipinski definition) is 0. The van der Waals surface area contributed by atoms with Crippen molar-refractivity contribution < 1.29 is 9.18 Å². The number of amides is 1. The van der Waals surface area contributed by atoms with Crippen LogP contribution >= 0.6 is 59.1 Å². The summed E-state index contributed by atoms with van der Waals surface area (Å²) in [6, 6.07) is 3.42. The van der Waals surface area contributed by atoms with Crippen LogP contribution < -0.4 is 14.2 Å². The zero-order valence-electron chi connectivity index (χ0n) is 16.5. The van der Waals surface area contributed by atoms with Crippen molar-refractivity contribution in [1.82, 2.24) is 9.97 Å². The molecule has 1 amide bonds. The minimum absolute atomic E-state index is 0.129. The molecule has 11 heteroatoms. The van der Waals surface area contributed by atoms with Crippen molar-refractivity contribution in [3.8, 4) is 10.6 Å². The molecule has 0 unspecified atom stereocenters. The summed E-state index contributed by atoms with van der Waals surface area (Å²) in [7, 11) is 0. The monoisotopic (exact) mass is 702 g/mol. The number of fused-ring (bicyclic) bond motifs is 1. The molecule has 0 saturated carbocycles. The van der Waals surface area contributed by atoms with Crippen molar-refractivity contribution in [3.05, 3.63) is 48.1 Å². The van der Waals surface area contributed by atoms with E-state index in [2.05, 4.69) is 74.5 Å². The fourth-order valence-corrected chi connectivity index (χ4v) is 7.49. The molecule has 0 N–H and O–H groups in total. The molecular weight excluding hydrogens is 690 g/mol. The summed E-state index contributed by atoms with van der Waals surface area (Å²) in [6.45, 7) is 2.52. The number of rotatable bonds is 3. The van der Waals surface area contributed by atoms with Crippen LogP contribution in [0.15, 0.2) is 31.7 Å². The van der Waals surface area contributed by atoms with Gasteiger partial charge in [-0.15, -0.1) is 0 Å². The van der Waals surface area contributed by atoms with E-state index in [4.69, 9.17) is 4.98 Å². The number of anilines is 2. The van der Waals surface area contributed by atoms with Crippen molar-refractivity contribution in [1.29, 1.82) is 0 Å². The standard InChI is InChI=1S/C21H15AsBr3FN4OS/c22-15-13(26)8-11(23)17(16(15)25)30-6-3-14-18(21(30)31)32-20(28-14)10-7-12(24)19(27-9-10)29-4-1-2-5-29/h7-9H,1-6H2. The Labute approximate surface area is 222 Å². The van der Waals surface area contributed by atoms with Crippen molar-refractivity contribution in [2.75, 3.05) is 29.4 Å². The molecule has 5 nitrogen and oxygen atoms in total. The molecule has 5 rings (SSSR count). The number of pyridine rings is 1. The molecule has 2 aliphatic heterocycles. The Kier molecular flexibility index (Phi) is 6.53. The van der Waals surface area contributed by atoms with Crippen LogP contribution in [-0.2, 0) is 6.42 Å². The molecule has 1 aromatic carbocycles. The fraction of sp³-hybridized carbons (Fsp3) is 0.286. The third kappa shape index (κ3) is 4.00. The van der Waals surface area contributed by atoms with E-state index in [9.17, 15) is 9.18 Å². The predicted molar refractivity (Wildman–Crippen MR) is 137 cm³/mol. The predicted octanol–water partition coefficient (Wildman–Crippen LogP) is 5.23. The topological polar surface area (TPSA) is 49.3 Å². The number of carbonyl (C=O) groups excluding carboxylic acids is 1. The van der Waals surface area contributed by atoms with Gasteiger partial charge in [0.2, 0.25) is 0 Å². The number of hydrogen-bond acceptors (Lipinski definition) is 5. The third-order valence-corrected chi connectivity index (χ3v) is 10.3. The molecule has 1 fully saturated rings. The number of thiazole rings is 1. The summed E-state index contributed by atoms with van der Waals surface area (Å²) in [4.78, 5) is 27.4. The van der Waals surface area contributed by atoms with Gasteiger partial charge in [0.25, 0.3) is 0 Å². The second-order valence-corrected chi connectivity index (χ2v) is 12.0. The molecule has 0 bridgehead atoms. The summed E-state index contributed by atoms with van der Waals surface area (Å²) in [5.74, 6) is 0.471. The third-order valence-electron chi connectivity index (χ3n) is 5.57. The van der Waals surface area contributed by atoms with E-state index in [0.717, 1.165) is 39.6 Å². The molecule has 2 aromatic heterocycles. The average molecular weight is 705 g/mol. The van der Waals surface area contributed by atoms with Crippen molar-refractivity contribution in [3.63, 3.8) is 0 Å². The maximum atomic E-state index is 14.1. The van der Waals surface area contributed by atoms with Gasteiger partial charge in [0.1, 0.15) is 0 Å². The Morgan fingerprint density at radius 2 is 1.84 bits per heavy atom. The Hall–Kier alpha value is -0.802. The second-order valence-electron chi connectivity index (χ2n) is 7.58. The second kappa shape index (κ2) is 9.10. The van der Waals surface area contributed by atoms with Crippen molar-refractivity contribution in [2.45, 2.75) is 19.3 Å². The first-order valence-corrected chi connectivity index (χ1v) is 14.1. The van der Waals surface area contributed by atoms with Crippen LogP contribution in [0, 0.1) is 5.82 Å². The average Bonchev–Trinajstić information content (AvgIpc) is 3.44. The van der Waals surface area contributed by atoms with Gasteiger partial charge in [-0.25, -0.2) is 0 Å². The summed E-state index contributed by atoms with van der Waals surface area (Å²) in [6.07, 6.45) is 4.83. The van der Waals surface area contributed by atoms with E-state index in [0.29, 0.717) is 36.8 Å². The molecule has 4 heterocycles. The van der Waals surface area contributed by atoms with Crippen LogP contribution in [0.5, 0.6) is 0 Å². The van der Waals surface area contributed by atoms with Gasteiger partial charge < -0.3 is 4.90 Å². The van der Waals surface area contributed by atoms with E-state index in [1.54, 1.807) is 4.90 Å². The zero-order chi connectivity index (χ0) is 22.6. The van der Waals surface area contributed by atoms with E-state index in [1.807, 2.05) is 12.3 Å². The molecule has 2 radical (unpaired) electrons. The summed E-state index contributed by atoms with van der Waals surface area (Å²) < 4.78 is 16.5. The summed E-state index contributed by atoms with van der Waals surface area (Å²) >= 11 is 14.1. The number of carbonyl (C=O) groups is 1. The number of aromatic nitrogens is 2. The zero-order valence-corrected chi connectivity index (χ0v) is 24.0.